The van der Waals surface area contributed by atoms with Crippen molar-refractivity contribution in [1.82, 2.24) is 29.3 Å². The fourth-order valence-corrected chi connectivity index (χ4v) is 4.18. The molecule has 0 saturated carbocycles. The minimum atomic E-state index is 0.242. The van der Waals surface area contributed by atoms with Gasteiger partial charge in [-0.2, -0.15) is 15.1 Å². The number of para-hydroxylation sites is 1. The Morgan fingerprint density at radius 1 is 1.12 bits per heavy atom. The van der Waals surface area contributed by atoms with Crippen LogP contribution in [0.1, 0.15) is 38.3 Å². The van der Waals surface area contributed by atoms with E-state index in [0.29, 0.717) is 18.3 Å². The monoisotopic (exact) mass is 446 g/mol. The average Bonchev–Trinajstić information content (AvgIpc) is 3.44. The lowest BCUT2D eigenvalue weighted by Gasteiger charge is -2.30. The Morgan fingerprint density at radius 3 is 2.64 bits per heavy atom. The van der Waals surface area contributed by atoms with Gasteiger partial charge in [0.2, 0.25) is 5.95 Å². The number of rotatable bonds is 6. The Labute approximate surface area is 192 Å². The fourth-order valence-electron chi connectivity index (χ4n) is 4.18. The Morgan fingerprint density at radius 2 is 1.91 bits per heavy atom. The largest absolute Gasteiger partial charge is 0.382 e. The highest BCUT2D eigenvalue weighted by molar-refractivity contribution is 5.84. The topological polar surface area (TPSA) is 129 Å². The molecule has 0 aliphatic carbocycles. The van der Waals surface area contributed by atoms with Crippen molar-refractivity contribution in [3.63, 3.8) is 0 Å². The molecule has 0 unspecified atom stereocenters. The molecule has 10 nitrogen and oxygen atoms in total. The van der Waals surface area contributed by atoms with E-state index in [4.69, 9.17) is 21.4 Å². The quantitative estimate of drug-likeness (QED) is 0.412. The second kappa shape index (κ2) is 8.70. The normalized spacial score (nSPS) is 15.0. The molecule has 33 heavy (non-hydrogen) atoms. The molecule has 172 valence electrons. The summed E-state index contributed by atoms with van der Waals surface area (Å²) in [5.74, 6) is 1.92. The maximum Gasteiger partial charge on any atom is 0.229 e. The maximum absolute atomic E-state index is 6.11. The summed E-state index contributed by atoms with van der Waals surface area (Å²) in [4.78, 5) is 16.6. The molecule has 1 fully saturated rings. The first-order valence-corrected chi connectivity index (χ1v) is 11.4. The summed E-state index contributed by atoms with van der Waals surface area (Å²) >= 11 is 0. The summed E-state index contributed by atoms with van der Waals surface area (Å²) < 4.78 is 3.87. The molecule has 1 aromatic carbocycles. The van der Waals surface area contributed by atoms with Crippen LogP contribution in [0.25, 0.3) is 16.9 Å². The number of piperidine rings is 1. The number of nitrogens with two attached hydrogens (primary N) is 2. The van der Waals surface area contributed by atoms with Crippen molar-refractivity contribution in [1.29, 1.82) is 0 Å². The fraction of sp³-hybridized carbons (Fsp3) is 0.391. The zero-order valence-electron chi connectivity index (χ0n) is 19.0. The number of benzene rings is 1. The Hall–Kier alpha value is -3.66. The Balaban J connectivity index is 1.49. The molecule has 0 bridgehead atoms. The molecule has 0 radical (unpaired) electrons. The highest BCUT2D eigenvalue weighted by Gasteiger charge is 2.22. The standard InChI is InChI=1S/C23H30N10/c1-15(2)32-14-27-20-21(28-23(29-22(20)32)31-10-7-17(24)8-11-31)26-13-16-5-3-4-6-18(16)33-12-9-19(25)30-33/h3-6,9,12,14-15,17H,7-8,10-11,13,24H2,1-2H3,(H2,25,30)(H,26,28,29). The highest BCUT2D eigenvalue weighted by Crippen LogP contribution is 2.27. The third-order valence-electron chi connectivity index (χ3n) is 6.08. The van der Waals surface area contributed by atoms with Crippen molar-refractivity contribution in [2.45, 2.75) is 45.3 Å². The van der Waals surface area contributed by atoms with E-state index in [1.165, 1.54) is 0 Å². The van der Waals surface area contributed by atoms with Gasteiger partial charge in [0, 0.05) is 44.0 Å². The predicted molar refractivity (Wildman–Crippen MR) is 130 cm³/mol. The number of anilines is 3. The summed E-state index contributed by atoms with van der Waals surface area (Å²) in [7, 11) is 0. The van der Waals surface area contributed by atoms with Crippen molar-refractivity contribution in [2.24, 2.45) is 5.73 Å². The van der Waals surface area contributed by atoms with Gasteiger partial charge in [-0.3, -0.25) is 0 Å². The van der Waals surface area contributed by atoms with Gasteiger partial charge in [-0.05, 0) is 38.3 Å². The van der Waals surface area contributed by atoms with Crippen LogP contribution in [0, 0.1) is 0 Å². The van der Waals surface area contributed by atoms with Crippen molar-refractivity contribution in [3.8, 4) is 5.69 Å². The number of nitrogens with zero attached hydrogens (tertiary/aromatic N) is 7. The Bertz CT molecular complexity index is 1250. The predicted octanol–water partition coefficient (Wildman–Crippen LogP) is 2.71. The van der Waals surface area contributed by atoms with Crippen LogP contribution in [0.4, 0.5) is 17.6 Å². The average molecular weight is 447 g/mol. The lowest BCUT2D eigenvalue weighted by molar-refractivity contribution is 0.495. The number of hydrogen-bond acceptors (Lipinski definition) is 8. The molecular formula is C23H30N10. The van der Waals surface area contributed by atoms with E-state index in [9.17, 15) is 0 Å². The lowest BCUT2D eigenvalue weighted by Crippen LogP contribution is -2.40. The molecule has 1 aliphatic heterocycles. The number of nitrogens with one attached hydrogen (secondary N) is 1. The molecule has 5 N–H and O–H groups in total. The minimum absolute atomic E-state index is 0.242. The van der Waals surface area contributed by atoms with Crippen molar-refractivity contribution < 1.29 is 0 Å². The van der Waals surface area contributed by atoms with Crippen molar-refractivity contribution in [3.05, 3.63) is 48.4 Å². The van der Waals surface area contributed by atoms with Crippen LogP contribution < -0.4 is 21.7 Å². The van der Waals surface area contributed by atoms with Crippen LogP contribution in [0.3, 0.4) is 0 Å². The van der Waals surface area contributed by atoms with E-state index < -0.39 is 0 Å². The molecule has 10 heteroatoms. The van der Waals surface area contributed by atoms with Crippen molar-refractivity contribution >= 4 is 28.7 Å². The van der Waals surface area contributed by atoms with Crippen LogP contribution in [0.5, 0.6) is 0 Å². The number of hydrogen-bond donors (Lipinski definition) is 3. The molecular weight excluding hydrogens is 416 g/mol. The van der Waals surface area contributed by atoms with Crippen LogP contribution in [0.2, 0.25) is 0 Å². The molecule has 4 aromatic rings. The molecule has 1 saturated heterocycles. The van der Waals surface area contributed by atoms with E-state index in [2.05, 4.69) is 44.8 Å². The van der Waals surface area contributed by atoms with E-state index in [-0.39, 0.29) is 12.1 Å². The van der Waals surface area contributed by atoms with E-state index in [1.807, 2.05) is 30.7 Å². The van der Waals surface area contributed by atoms with Gasteiger partial charge in [0.15, 0.2) is 17.0 Å². The van der Waals surface area contributed by atoms with Crippen molar-refractivity contribution in [2.75, 3.05) is 29.0 Å². The van der Waals surface area contributed by atoms with Gasteiger partial charge in [0.05, 0.1) is 12.0 Å². The van der Waals surface area contributed by atoms with E-state index in [0.717, 1.165) is 54.2 Å². The first kappa shape index (κ1) is 21.2. The van der Waals surface area contributed by atoms with Gasteiger partial charge in [-0.1, -0.05) is 18.2 Å². The van der Waals surface area contributed by atoms with E-state index >= 15 is 0 Å². The third kappa shape index (κ3) is 4.21. The molecule has 0 spiro atoms. The first-order chi connectivity index (χ1) is 16.0. The summed E-state index contributed by atoms with van der Waals surface area (Å²) in [5.41, 5.74) is 15.6. The second-order valence-corrected chi connectivity index (χ2v) is 8.78. The van der Waals surface area contributed by atoms with Gasteiger partial charge in [0.1, 0.15) is 5.82 Å². The summed E-state index contributed by atoms with van der Waals surface area (Å²) in [6.07, 6.45) is 5.58. The molecule has 4 heterocycles. The van der Waals surface area contributed by atoms with Gasteiger partial charge in [-0.25, -0.2) is 9.67 Å². The molecule has 0 atom stereocenters. The van der Waals surface area contributed by atoms with Gasteiger partial charge >= 0.3 is 0 Å². The number of aromatic nitrogens is 6. The van der Waals surface area contributed by atoms with Gasteiger partial charge in [-0.15, -0.1) is 0 Å². The molecule has 3 aromatic heterocycles. The van der Waals surface area contributed by atoms with E-state index in [1.54, 1.807) is 10.7 Å². The molecule has 0 amide bonds. The molecule has 5 rings (SSSR count). The van der Waals surface area contributed by atoms with Crippen LogP contribution in [-0.2, 0) is 6.54 Å². The van der Waals surface area contributed by atoms with Crippen LogP contribution in [-0.4, -0.2) is 48.4 Å². The smallest absolute Gasteiger partial charge is 0.229 e. The number of fused-ring (bicyclic) bond motifs is 1. The summed E-state index contributed by atoms with van der Waals surface area (Å²) in [6, 6.07) is 10.4. The maximum atomic E-state index is 6.11. The first-order valence-electron chi connectivity index (χ1n) is 11.4. The van der Waals surface area contributed by atoms with Gasteiger partial charge in [0.25, 0.3) is 0 Å². The zero-order valence-corrected chi connectivity index (χ0v) is 19.0. The summed E-state index contributed by atoms with van der Waals surface area (Å²) in [5, 5.41) is 7.87. The number of imidazole rings is 1. The van der Waals surface area contributed by atoms with Crippen LogP contribution in [0.15, 0.2) is 42.9 Å². The van der Waals surface area contributed by atoms with Gasteiger partial charge < -0.3 is 26.3 Å². The minimum Gasteiger partial charge on any atom is -0.382 e. The zero-order chi connectivity index (χ0) is 22.9. The SMILES string of the molecule is CC(C)n1cnc2c(NCc3ccccc3-n3ccc(N)n3)nc(N3CCC(N)CC3)nc21. The highest BCUT2D eigenvalue weighted by atomic mass is 15.3. The Kier molecular flexibility index (Phi) is 5.59. The lowest BCUT2D eigenvalue weighted by atomic mass is 10.1. The molecule has 1 aliphatic rings. The second-order valence-electron chi connectivity index (χ2n) is 8.78. The third-order valence-corrected chi connectivity index (χ3v) is 6.08. The van der Waals surface area contributed by atoms with Crippen LogP contribution >= 0.6 is 0 Å². The summed E-state index contributed by atoms with van der Waals surface area (Å²) in [6.45, 7) is 6.52. The number of nitrogen functional groups attached to an aromatic ring is 1.